The Hall–Kier alpha value is -5.02. The summed E-state index contributed by atoms with van der Waals surface area (Å²) in [7, 11) is 0. The SMILES string of the molecule is CC(C)N(c1ccccc1)c1cccc2c1Oc1ccc3c(c1O2)C1=C(CCC=C1)C31c2ccccc2-c2ccccc21. The molecule has 4 aliphatic rings. The van der Waals surface area contributed by atoms with Crippen molar-refractivity contribution in [2.45, 2.75) is 38.1 Å². The first-order valence-corrected chi connectivity index (χ1v) is 15.3. The number of para-hydroxylation sites is 2. The molecule has 5 aromatic rings. The van der Waals surface area contributed by atoms with Crippen LogP contribution in [0.5, 0.6) is 23.0 Å². The molecule has 0 saturated carbocycles. The standard InChI is InChI=1S/C40H31NO2/c1-25(2)41(26-13-4-3-5-14-26)34-21-12-22-35-38(34)42-36-24-23-33-37(39(36)43-35)29-17-8-11-20-32(29)40(33)30-18-9-6-15-27(30)28-16-7-10-19-31(28)40/h3-10,12-19,21-25H,11,20H2,1-2H3. The minimum absolute atomic E-state index is 0.223. The van der Waals surface area contributed by atoms with Crippen LogP contribution in [0.2, 0.25) is 0 Å². The summed E-state index contributed by atoms with van der Waals surface area (Å²) in [5.74, 6) is 3.08. The van der Waals surface area contributed by atoms with Crippen LogP contribution in [-0.4, -0.2) is 6.04 Å². The lowest BCUT2D eigenvalue weighted by atomic mass is 9.68. The quantitative estimate of drug-likeness (QED) is 0.216. The molecular formula is C40H31NO2. The minimum Gasteiger partial charge on any atom is -0.449 e. The fourth-order valence-electron chi connectivity index (χ4n) is 8.03. The van der Waals surface area contributed by atoms with Gasteiger partial charge in [-0.2, -0.15) is 0 Å². The van der Waals surface area contributed by atoms with Gasteiger partial charge < -0.3 is 14.4 Å². The predicted molar refractivity (Wildman–Crippen MR) is 174 cm³/mol. The van der Waals surface area contributed by atoms with Crippen LogP contribution in [0.3, 0.4) is 0 Å². The van der Waals surface area contributed by atoms with E-state index in [0.29, 0.717) is 0 Å². The fraction of sp³-hybridized carbons (Fsp3) is 0.150. The number of rotatable bonds is 3. The molecule has 3 aliphatic carbocycles. The molecule has 0 amide bonds. The second kappa shape index (κ2) is 8.99. The van der Waals surface area contributed by atoms with Crippen LogP contribution in [-0.2, 0) is 5.41 Å². The largest absolute Gasteiger partial charge is 0.449 e. The first-order valence-electron chi connectivity index (χ1n) is 15.3. The summed E-state index contributed by atoms with van der Waals surface area (Å²) >= 11 is 0. The van der Waals surface area contributed by atoms with E-state index in [1.54, 1.807) is 0 Å². The summed E-state index contributed by atoms with van der Waals surface area (Å²) in [6, 6.07) is 39.3. The number of allylic oxidation sites excluding steroid dienone is 4. The summed E-state index contributed by atoms with van der Waals surface area (Å²) in [6.07, 6.45) is 6.68. The maximum absolute atomic E-state index is 6.93. The molecule has 9 rings (SSSR count). The van der Waals surface area contributed by atoms with Gasteiger partial charge in [-0.05, 0) is 96.0 Å². The third-order valence-electron chi connectivity index (χ3n) is 9.56. The summed E-state index contributed by atoms with van der Waals surface area (Å²) in [5.41, 5.74) is 12.4. The zero-order chi connectivity index (χ0) is 28.7. The van der Waals surface area contributed by atoms with Gasteiger partial charge in [-0.3, -0.25) is 0 Å². The van der Waals surface area contributed by atoms with Crippen LogP contribution in [0.4, 0.5) is 11.4 Å². The number of hydrogen-bond acceptors (Lipinski definition) is 3. The molecule has 208 valence electrons. The molecule has 0 N–H and O–H groups in total. The van der Waals surface area contributed by atoms with Crippen LogP contribution in [0.1, 0.15) is 48.9 Å². The highest BCUT2D eigenvalue weighted by Gasteiger charge is 2.54. The van der Waals surface area contributed by atoms with Gasteiger partial charge in [0.1, 0.15) is 0 Å². The highest BCUT2D eigenvalue weighted by Crippen LogP contribution is 2.66. The first-order chi connectivity index (χ1) is 21.2. The Kier molecular flexibility index (Phi) is 5.14. The van der Waals surface area contributed by atoms with Gasteiger partial charge in [0.15, 0.2) is 23.0 Å². The molecule has 0 radical (unpaired) electrons. The number of benzene rings is 5. The normalized spacial score (nSPS) is 16.1. The van der Waals surface area contributed by atoms with Crippen LogP contribution >= 0.6 is 0 Å². The molecule has 0 unspecified atom stereocenters. The molecular weight excluding hydrogens is 526 g/mol. The molecule has 0 saturated heterocycles. The van der Waals surface area contributed by atoms with E-state index in [2.05, 4.69) is 134 Å². The van der Waals surface area contributed by atoms with Crippen molar-refractivity contribution in [2.75, 3.05) is 4.90 Å². The van der Waals surface area contributed by atoms with Crippen molar-refractivity contribution in [3.63, 3.8) is 0 Å². The lowest BCUT2D eigenvalue weighted by molar-refractivity contribution is 0.358. The van der Waals surface area contributed by atoms with Crippen molar-refractivity contribution >= 4 is 16.9 Å². The summed E-state index contributed by atoms with van der Waals surface area (Å²) < 4.78 is 13.8. The Labute approximate surface area is 252 Å². The van der Waals surface area contributed by atoms with E-state index in [1.807, 2.05) is 6.07 Å². The molecule has 43 heavy (non-hydrogen) atoms. The third-order valence-corrected chi connectivity index (χ3v) is 9.56. The molecule has 1 heterocycles. The highest BCUT2D eigenvalue weighted by atomic mass is 16.6. The number of anilines is 2. The van der Waals surface area contributed by atoms with Gasteiger partial charge in [0.2, 0.25) is 0 Å². The van der Waals surface area contributed by atoms with Crippen LogP contribution in [0.15, 0.2) is 127 Å². The van der Waals surface area contributed by atoms with Gasteiger partial charge in [-0.15, -0.1) is 0 Å². The molecule has 3 nitrogen and oxygen atoms in total. The Morgan fingerprint density at radius 1 is 0.651 bits per heavy atom. The average molecular weight is 558 g/mol. The van der Waals surface area contributed by atoms with Crippen LogP contribution < -0.4 is 14.4 Å². The molecule has 0 fully saturated rings. The van der Waals surface area contributed by atoms with E-state index in [1.165, 1.54) is 39.0 Å². The van der Waals surface area contributed by atoms with Crippen molar-refractivity contribution in [2.24, 2.45) is 0 Å². The van der Waals surface area contributed by atoms with Crippen molar-refractivity contribution in [3.8, 4) is 34.1 Å². The Morgan fingerprint density at radius 2 is 1.33 bits per heavy atom. The molecule has 5 aromatic carbocycles. The van der Waals surface area contributed by atoms with E-state index < -0.39 is 0 Å². The van der Waals surface area contributed by atoms with Crippen molar-refractivity contribution in [1.82, 2.24) is 0 Å². The molecule has 0 aromatic heterocycles. The molecule has 0 atom stereocenters. The zero-order valence-corrected chi connectivity index (χ0v) is 24.3. The Bertz CT molecular complexity index is 1970. The Morgan fingerprint density at radius 3 is 2.07 bits per heavy atom. The van der Waals surface area contributed by atoms with Gasteiger partial charge in [-0.1, -0.05) is 91.0 Å². The minimum atomic E-state index is -0.328. The van der Waals surface area contributed by atoms with E-state index >= 15 is 0 Å². The molecule has 0 bridgehead atoms. The van der Waals surface area contributed by atoms with Gasteiger partial charge in [0.05, 0.1) is 11.1 Å². The first kappa shape index (κ1) is 24.6. The smallest absolute Gasteiger partial charge is 0.193 e. The molecule has 1 spiro atoms. The van der Waals surface area contributed by atoms with Crippen molar-refractivity contribution in [1.29, 1.82) is 0 Å². The summed E-state index contributed by atoms with van der Waals surface area (Å²) in [4.78, 5) is 2.31. The molecule has 1 aliphatic heterocycles. The lowest BCUT2D eigenvalue weighted by Gasteiger charge is -2.34. The van der Waals surface area contributed by atoms with E-state index in [4.69, 9.17) is 9.47 Å². The van der Waals surface area contributed by atoms with Gasteiger partial charge >= 0.3 is 0 Å². The van der Waals surface area contributed by atoms with Gasteiger partial charge in [-0.25, -0.2) is 0 Å². The molecule has 3 heteroatoms. The topological polar surface area (TPSA) is 21.7 Å². The second-order valence-corrected chi connectivity index (χ2v) is 12.1. The van der Waals surface area contributed by atoms with Crippen molar-refractivity contribution < 1.29 is 9.47 Å². The van der Waals surface area contributed by atoms with Crippen molar-refractivity contribution in [3.05, 3.63) is 149 Å². The van der Waals surface area contributed by atoms with E-state index in [-0.39, 0.29) is 11.5 Å². The van der Waals surface area contributed by atoms with Crippen LogP contribution in [0.25, 0.3) is 16.7 Å². The Balaban J connectivity index is 1.26. The number of ether oxygens (including phenoxy) is 2. The average Bonchev–Trinajstić information content (AvgIpc) is 3.52. The third kappa shape index (κ3) is 3.20. The monoisotopic (exact) mass is 557 g/mol. The maximum Gasteiger partial charge on any atom is 0.193 e. The fourth-order valence-corrected chi connectivity index (χ4v) is 8.03. The zero-order valence-electron chi connectivity index (χ0n) is 24.3. The summed E-state index contributed by atoms with van der Waals surface area (Å²) in [6.45, 7) is 4.41. The maximum atomic E-state index is 6.93. The van der Waals surface area contributed by atoms with Gasteiger partial charge in [0.25, 0.3) is 0 Å². The number of hydrogen-bond donors (Lipinski definition) is 0. The number of nitrogens with zero attached hydrogens (tertiary/aromatic N) is 1. The lowest BCUT2D eigenvalue weighted by Crippen LogP contribution is -2.28. The van der Waals surface area contributed by atoms with Gasteiger partial charge in [0, 0.05) is 17.3 Å². The second-order valence-electron chi connectivity index (χ2n) is 12.1. The predicted octanol–water partition coefficient (Wildman–Crippen LogP) is 10.6. The summed E-state index contributed by atoms with van der Waals surface area (Å²) in [5, 5.41) is 0. The van der Waals surface area contributed by atoms with E-state index in [9.17, 15) is 0 Å². The van der Waals surface area contributed by atoms with Crippen LogP contribution in [0, 0.1) is 0 Å². The number of fused-ring (bicyclic) bond motifs is 12. The highest BCUT2D eigenvalue weighted by molar-refractivity contribution is 5.99. The van der Waals surface area contributed by atoms with E-state index in [0.717, 1.165) is 52.8 Å².